The van der Waals surface area contributed by atoms with Crippen LogP contribution < -0.4 is 16.4 Å². The van der Waals surface area contributed by atoms with Crippen LogP contribution in [-0.4, -0.2) is 22.6 Å². The van der Waals surface area contributed by atoms with Gasteiger partial charge in [0.25, 0.3) is 11.1 Å². The molecule has 2 N–H and O–H groups in total. The van der Waals surface area contributed by atoms with E-state index in [9.17, 15) is 9.59 Å². The third kappa shape index (κ3) is 2.36. The lowest BCUT2D eigenvalue weighted by Crippen LogP contribution is -2.44. The second-order valence-corrected chi connectivity index (χ2v) is 6.89. The van der Waals surface area contributed by atoms with Gasteiger partial charge in [-0.1, -0.05) is 0 Å². The van der Waals surface area contributed by atoms with Crippen LogP contribution in [0.1, 0.15) is 29.3 Å². The minimum absolute atomic E-state index is 0.00623. The fourth-order valence-electron chi connectivity index (χ4n) is 3.90. The quantitative estimate of drug-likeness (QED) is 0.839. The number of nitrogens with zero attached hydrogens (tertiary/aromatic N) is 1. The number of aromatic amines is 1. The minimum Gasteiger partial charge on any atom is -0.326 e. The summed E-state index contributed by atoms with van der Waals surface area (Å²) in [5.41, 5.74) is 4.15. The molecule has 2 aliphatic heterocycles. The molecule has 120 valence electrons. The predicted molar refractivity (Wildman–Crippen MR) is 90.0 cm³/mol. The Labute approximate surface area is 134 Å². The van der Waals surface area contributed by atoms with Gasteiger partial charge < -0.3 is 14.9 Å². The number of hydrogen-bond donors (Lipinski definition) is 2. The molecule has 4 heterocycles. The second kappa shape index (κ2) is 5.20. The van der Waals surface area contributed by atoms with Crippen molar-refractivity contribution in [1.82, 2.24) is 14.9 Å². The molecule has 2 aliphatic rings. The molecule has 23 heavy (non-hydrogen) atoms. The number of rotatable bonds is 1. The largest absolute Gasteiger partial charge is 0.326 e. The van der Waals surface area contributed by atoms with Crippen LogP contribution in [0.25, 0.3) is 11.1 Å². The molecule has 2 aromatic heterocycles. The highest BCUT2D eigenvalue weighted by atomic mass is 16.1. The fraction of sp³-hybridized carbons (Fsp3) is 0.444. The Kier molecular flexibility index (Phi) is 3.27. The van der Waals surface area contributed by atoms with Gasteiger partial charge in [-0.15, -0.1) is 0 Å². The second-order valence-electron chi connectivity index (χ2n) is 6.89. The number of fused-ring (bicyclic) bond motifs is 4. The normalized spacial score (nSPS) is 22.7. The van der Waals surface area contributed by atoms with Gasteiger partial charge in [-0.25, -0.2) is 0 Å². The lowest BCUT2D eigenvalue weighted by molar-refractivity contribution is 0.257. The number of piperidine rings is 1. The average molecular weight is 311 g/mol. The van der Waals surface area contributed by atoms with Gasteiger partial charge in [0.1, 0.15) is 0 Å². The van der Waals surface area contributed by atoms with Crippen molar-refractivity contribution >= 4 is 0 Å². The van der Waals surface area contributed by atoms with Crippen LogP contribution in [0.4, 0.5) is 0 Å². The standard InChI is InChI=1S/C18H21N3O2/c1-10-3-15(18(23)20-11(10)2)13-5-16-14-4-12(7-19-8-14)9-21(16)17(22)6-13/h3,5-6,12,14,19H,4,7-9H2,1-2H3,(H,20,23)/t12-,14+/m0/s1. The van der Waals surface area contributed by atoms with Crippen molar-refractivity contribution in [3.63, 3.8) is 0 Å². The molecule has 0 unspecified atom stereocenters. The van der Waals surface area contributed by atoms with Crippen LogP contribution in [0, 0.1) is 19.8 Å². The molecule has 0 aliphatic carbocycles. The predicted octanol–water partition coefficient (Wildman–Crippen LogP) is 1.53. The average Bonchev–Trinajstić information content (AvgIpc) is 2.52. The van der Waals surface area contributed by atoms with E-state index in [-0.39, 0.29) is 11.1 Å². The summed E-state index contributed by atoms with van der Waals surface area (Å²) in [7, 11) is 0. The molecular weight excluding hydrogens is 290 g/mol. The van der Waals surface area contributed by atoms with Crippen LogP contribution in [0.5, 0.6) is 0 Å². The van der Waals surface area contributed by atoms with Crippen LogP contribution >= 0.6 is 0 Å². The zero-order valence-corrected chi connectivity index (χ0v) is 13.5. The van der Waals surface area contributed by atoms with Crippen molar-refractivity contribution in [3.8, 4) is 11.1 Å². The number of H-pyrrole nitrogens is 1. The highest BCUT2D eigenvalue weighted by molar-refractivity contribution is 5.63. The van der Waals surface area contributed by atoms with E-state index in [1.807, 2.05) is 30.5 Å². The Bertz CT molecular complexity index is 894. The molecule has 0 saturated carbocycles. The van der Waals surface area contributed by atoms with E-state index >= 15 is 0 Å². The SMILES string of the molecule is Cc1cc(-c2cc3n(c(=O)c2)C[C@@H]2CNC[C@H]3C2)c(=O)[nH]c1C. The van der Waals surface area contributed by atoms with Crippen LogP contribution in [0.15, 0.2) is 27.8 Å². The highest BCUT2D eigenvalue weighted by Gasteiger charge is 2.31. The van der Waals surface area contributed by atoms with Crippen molar-refractivity contribution in [1.29, 1.82) is 0 Å². The van der Waals surface area contributed by atoms with Gasteiger partial charge in [0.05, 0.1) is 0 Å². The molecular formula is C18H21N3O2. The minimum atomic E-state index is -0.132. The zero-order chi connectivity index (χ0) is 16.1. The van der Waals surface area contributed by atoms with Gasteiger partial charge in [-0.3, -0.25) is 9.59 Å². The van der Waals surface area contributed by atoms with Crippen molar-refractivity contribution in [2.24, 2.45) is 5.92 Å². The first kappa shape index (κ1) is 14.5. The van der Waals surface area contributed by atoms with Crippen molar-refractivity contribution in [3.05, 3.63) is 55.9 Å². The summed E-state index contributed by atoms with van der Waals surface area (Å²) in [6, 6.07) is 5.52. The lowest BCUT2D eigenvalue weighted by Gasteiger charge is -2.37. The maximum Gasteiger partial charge on any atom is 0.256 e. The first-order chi connectivity index (χ1) is 11.0. The number of aryl methyl sites for hydroxylation is 2. The van der Waals surface area contributed by atoms with Gasteiger partial charge in [0.2, 0.25) is 0 Å². The van der Waals surface area contributed by atoms with Crippen LogP contribution in [0.2, 0.25) is 0 Å². The van der Waals surface area contributed by atoms with Crippen LogP contribution in [-0.2, 0) is 6.54 Å². The molecule has 5 nitrogen and oxygen atoms in total. The van der Waals surface area contributed by atoms with Gasteiger partial charge >= 0.3 is 0 Å². The molecule has 5 heteroatoms. The van der Waals surface area contributed by atoms with E-state index in [1.54, 1.807) is 6.07 Å². The molecule has 2 bridgehead atoms. The van der Waals surface area contributed by atoms with E-state index in [4.69, 9.17) is 0 Å². The molecule has 1 saturated heterocycles. The Morgan fingerprint density at radius 2 is 1.96 bits per heavy atom. The Balaban J connectivity index is 1.89. The van der Waals surface area contributed by atoms with Gasteiger partial charge in [0.15, 0.2) is 0 Å². The number of hydrogen-bond acceptors (Lipinski definition) is 3. The number of aromatic nitrogens is 2. The summed E-state index contributed by atoms with van der Waals surface area (Å²) in [5.74, 6) is 0.899. The van der Waals surface area contributed by atoms with E-state index in [0.717, 1.165) is 48.6 Å². The Morgan fingerprint density at radius 3 is 2.78 bits per heavy atom. The first-order valence-electron chi connectivity index (χ1n) is 8.19. The third-order valence-electron chi connectivity index (χ3n) is 5.27. The van der Waals surface area contributed by atoms with E-state index in [0.29, 0.717) is 17.4 Å². The summed E-state index contributed by atoms with van der Waals surface area (Å²) in [6.07, 6.45) is 1.12. The van der Waals surface area contributed by atoms with Crippen LogP contribution in [0.3, 0.4) is 0 Å². The van der Waals surface area contributed by atoms with Gasteiger partial charge in [0, 0.05) is 42.0 Å². The molecule has 0 aromatic carbocycles. The van der Waals surface area contributed by atoms with E-state index < -0.39 is 0 Å². The molecule has 0 spiro atoms. The fourth-order valence-corrected chi connectivity index (χ4v) is 3.90. The summed E-state index contributed by atoms with van der Waals surface area (Å²) < 4.78 is 1.90. The maximum absolute atomic E-state index is 12.6. The molecule has 2 atom stereocenters. The number of pyridine rings is 2. The third-order valence-corrected chi connectivity index (χ3v) is 5.27. The molecule has 1 fully saturated rings. The lowest BCUT2D eigenvalue weighted by atomic mass is 9.83. The monoisotopic (exact) mass is 311 g/mol. The summed E-state index contributed by atoms with van der Waals surface area (Å²) in [6.45, 7) is 6.52. The summed E-state index contributed by atoms with van der Waals surface area (Å²) in [5, 5.41) is 3.45. The summed E-state index contributed by atoms with van der Waals surface area (Å²) in [4.78, 5) is 27.8. The molecule has 2 aromatic rings. The van der Waals surface area contributed by atoms with Crippen molar-refractivity contribution in [2.45, 2.75) is 32.7 Å². The first-order valence-corrected chi connectivity index (χ1v) is 8.19. The zero-order valence-electron chi connectivity index (χ0n) is 13.5. The molecule has 0 radical (unpaired) electrons. The smallest absolute Gasteiger partial charge is 0.256 e. The number of nitrogens with one attached hydrogen (secondary N) is 2. The highest BCUT2D eigenvalue weighted by Crippen LogP contribution is 2.33. The van der Waals surface area contributed by atoms with Gasteiger partial charge in [-0.2, -0.15) is 0 Å². The van der Waals surface area contributed by atoms with E-state index in [2.05, 4.69) is 10.3 Å². The Hall–Kier alpha value is -2.14. The van der Waals surface area contributed by atoms with Crippen molar-refractivity contribution in [2.75, 3.05) is 13.1 Å². The maximum atomic E-state index is 12.6. The van der Waals surface area contributed by atoms with Crippen molar-refractivity contribution < 1.29 is 0 Å². The topological polar surface area (TPSA) is 66.9 Å². The molecule has 0 amide bonds. The summed E-state index contributed by atoms with van der Waals surface area (Å²) >= 11 is 0. The van der Waals surface area contributed by atoms with Gasteiger partial charge in [-0.05, 0) is 56.0 Å². The molecule has 4 rings (SSSR count). The van der Waals surface area contributed by atoms with E-state index in [1.165, 1.54) is 0 Å². The Morgan fingerprint density at radius 1 is 1.13 bits per heavy atom.